The summed E-state index contributed by atoms with van der Waals surface area (Å²) in [7, 11) is 0. The van der Waals surface area contributed by atoms with Crippen molar-refractivity contribution < 1.29 is 13.9 Å². The number of piperidine rings is 1. The number of rotatable bonds is 5. The lowest BCUT2D eigenvalue weighted by Crippen LogP contribution is -2.46. The van der Waals surface area contributed by atoms with E-state index >= 15 is 0 Å². The highest BCUT2D eigenvalue weighted by Gasteiger charge is 2.24. The number of hydrogen-bond acceptors (Lipinski definition) is 3. The van der Waals surface area contributed by atoms with E-state index in [1.807, 2.05) is 0 Å². The van der Waals surface area contributed by atoms with Crippen molar-refractivity contribution in [3.8, 4) is 5.75 Å². The van der Waals surface area contributed by atoms with Gasteiger partial charge < -0.3 is 19.9 Å². The van der Waals surface area contributed by atoms with Crippen LogP contribution < -0.4 is 10.1 Å². The molecule has 2 N–H and O–H groups in total. The van der Waals surface area contributed by atoms with Gasteiger partial charge in [-0.05, 0) is 25.0 Å². The fourth-order valence-electron chi connectivity index (χ4n) is 2.82. The van der Waals surface area contributed by atoms with Crippen LogP contribution in [0.5, 0.6) is 5.75 Å². The lowest BCUT2D eigenvalue weighted by Gasteiger charge is -2.32. The number of nitrogens with one attached hydrogen (secondary N) is 2. The highest BCUT2D eigenvalue weighted by atomic mass is 19.1. The minimum Gasteiger partial charge on any atom is -0.490 e. The molecular formula is C17H21FN4O2. The van der Waals surface area contributed by atoms with Crippen molar-refractivity contribution in [2.45, 2.75) is 19.4 Å². The Morgan fingerprint density at radius 1 is 1.46 bits per heavy atom. The van der Waals surface area contributed by atoms with Crippen molar-refractivity contribution in [1.29, 1.82) is 0 Å². The highest BCUT2D eigenvalue weighted by molar-refractivity contribution is 5.74. The molecule has 1 atom stereocenters. The Morgan fingerprint density at radius 2 is 2.33 bits per heavy atom. The number of carbonyl (C=O) groups excluding carboxylic acids is 1. The number of H-pyrrole nitrogens is 1. The number of carbonyl (C=O) groups is 1. The van der Waals surface area contributed by atoms with E-state index < -0.39 is 0 Å². The number of likely N-dealkylation sites (tertiary alicyclic amines) is 1. The summed E-state index contributed by atoms with van der Waals surface area (Å²) in [4.78, 5) is 21.0. The third kappa shape index (κ3) is 4.24. The summed E-state index contributed by atoms with van der Waals surface area (Å²) in [6.45, 7) is 2.11. The number of imidazole rings is 1. The normalized spacial score (nSPS) is 17.5. The number of aromatic amines is 1. The number of halogens is 1. The van der Waals surface area contributed by atoms with E-state index in [9.17, 15) is 9.18 Å². The second-order valence-corrected chi connectivity index (χ2v) is 5.89. The van der Waals surface area contributed by atoms with Gasteiger partial charge in [-0.3, -0.25) is 0 Å². The van der Waals surface area contributed by atoms with Gasteiger partial charge in [0.15, 0.2) is 11.6 Å². The molecule has 1 saturated heterocycles. The highest BCUT2D eigenvalue weighted by Crippen LogP contribution is 2.20. The lowest BCUT2D eigenvalue weighted by atomic mass is 9.99. The summed E-state index contributed by atoms with van der Waals surface area (Å²) in [5, 5.41) is 2.85. The lowest BCUT2D eigenvalue weighted by molar-refractivity contribution is 0.135. The summed E-state index contributed by atoms with van der Waals surface area (Å²) in [6, 6.07) is 6.26. The Morgan fingerprint density at radius 3 is 3.12 bits per heavy atom. The summed E-state index contributed by atoms with van der Waals surface area (Å²) >= 11 is 0. The predicted molar refractivity (Wildman–Crippen MR) is 87.0 cm³/mol. The van der Waals surface area contributed by atoms with Gasteiger partial charge in [-0.2, -0.15) is 0 Å². The third-order valence-electron chi connectivity index (χ3n) is 4.08. The SMILES string of the molecule is O=C(NCc1ncc[nH]1)N1CCCC(COc2ccccc2F)C1. The van der Waals surface area contributed by atoms with Gasteiger partial charge in [0.25, 0.3) is 0 Å². The molecule has 24 heavy (non-hydrogen) atoms. The zero-order valence-corrected chi connectivity index (χ0v) is 13.4. The van der Waals surface area contributed by atoms with Crippen molar-refractivity contribution >= 4 is 6.03 Å². The average molecular weight is 332 g/mol. The number of amides is 2. The molecule has 0 spiro atoms. The van der Waals surface area contributed by atoms with Gasteiger partial charge in [0.05, 0.1) is 13.2 Å². The van der Waals surface area contributed by atoms with Gasteiger partial charge in [0.1, 0.15) is 5.82 Å². The molecule has 1 aromatic heterocycles. The number of urea groups is 1. The number of para-hydroxylation sites is 1. The number of nitrogens with zero attached hydrogens (tertiary/aromatic N) is 2. The number of benzene rings is 1. The molecule has 0 aliphatic carbocycles. The van der Waals surface area contributed by atoms with Gasteiger partial charge in [0, 0.05) is 31.4 Å². The molecule has 2 heterocycles. The van der Waals surface area contributed by atoms with Gasteiger partial charge in [-0.1, -0.05) is 12.1 Å². The second kappa shape index (κ2) is 7.81. The quantitative estimate of drug-likeness (QED) is 0.884. The first-order valence-electron chi connectivity index (χ1n) is 8.10. The Labute approximate surface area is 140 Å². The molecular weight excluding hydrogens is 311 g/mol. The molecule has 1 aliphatic rings. The van der Waals surface area contributed by atoms with Gasteiger partial charge in [-0.15, -0.1) is 0 Å². The van der Waals surface area contributed by atoms with Crippen LogP contribution in [0.1, 0.15) is 18.7 Å². The van der Waals surface area contributed by atoms with E-state index in [1.54, 1.807) is 35.5 Å². The Hall–Kier alpha value is -2.57. The summed E-state index contributed by atoms with van der Waals surface area (Å²) in [5.41, 5.74) is 0. The van der Waals surface area contributed by atoms with E-state index in [4.69, 9.17) is 4.74 Å². The monoisotopic (exact) mass is 332 g/mol. The standard InChI is InChI=1S/C17H21FN4O2/c18-14-5-1-2-6-15(14)24-12-13-4-3-9-22(11-13)17(23)21-10-16-19-7-8-20-16/h1-2,5-8,13H,3-4,9-12H2,(H,19,20)(H,21,23). The van der Waals surface area contributed by atoms with Crippen molar-refractivity contribution in [3.63, 3.8) is 0 Å². The largest absolute Gasteiger partial charge is 0.490 e. The van der Waals surface area contributed by atoms with Gasteiger partial charge in [-0.25, -0.2) is 14.2 Å². The van der Waals surface area contributed by atoms with E-state index in [1.165, 1.54) is 6.07 Å². The van der Waals surface area contributed by atoms with Crippen LogP contribution >= 0.6 is 0 Å². The molecule has 3 rings (SSSR count). The minimum absolute atomic E-state index is 0.109. The van der Waals surface area contributed by atoms with Crippen LogP contribution in [0.4, 0.5) is 9.18 Å². The molecule has 0 radical (unpaired) electrons. The Kier molecular flexibility index (Phi) is 5.30. The van der Waals surface area contributed by atoms with Crippen molar-refractivity contribution in [2.75, 3.05) is 19.7 Å². The molecule has 1 aliphatic heterocycles. The van der Waals surface area contributed by atoms with Crippen LogP contribution in [0.2, 0.25) is 0 Å². The van der Waals surface area contributed by atoms with Crippen molar-refractivity contribution in [2.24, 2.45) is 5.92 Å². The zero-order chi connectivity index (χ0) is 16.8. The number of ether oxygens (including phenoxy) is 1. The van der Waals surface area contributed by atoms with Gasteiger partial charge >= 0.3 is 6.03 Å². The zero-order valence-electron chi connectivity index (χ0n) is 13.4. The van der Waals surface area contributed by atoms with Crippen LogP contribution in [-0.2, 0) is 6.54 Å². The summed E-state index contributed by atoms with van der Waals surface area (Å²) < 4.78 is 19.2. The molecule has 0 bridgehead atoms. The predicted octanol–water partition coefficient (Wildman–Crippen LogP) is 2.55. The minimum atomic E-state index is -0.360. The second-order valence-electron chi connectivity index (χ2n) is 5.89. The number of aromatic nitrogens is 2. The smallest absolute Gasteiger partial charge is 0.317 e. The molecule has 6 nitrogen and oxygen atoms in total. The van der Waals surface area contributed by atoms with Crippen molar-refractivity contribution in [1.82, 2.24) is 20.2 Å². The fourth-order valence-corrected chi connectivity index (χ4v) is 2.82. The van der Waals surface area contributed by atoms with E-state index in [2.05, 4.69) is 15.3 Å². The molecule has 0 saturated carbocycles. The Bertz CT molecular complexity index is 662. The molecule has 1 fully saturated rings. The number of hydrogen-bond donors (Lipinski definition) is 2. The molecule has 2 aromatic rings. The average Bonchev–Trinajstić information content (AvgIpc) is 3.13. The first-order valence-corrected chi connectivity index (χ1v) is 8.10. The van der Waals surface area contributed by atoms with Crippen LogP contribution in [0.25, 0.3) is 0 Å². The first-order chi connectivity index (χ1) is 11.7. The first kappa shape index (κ1) is 16.3. The molecule has 1 unspecified atom stereocenters. The Balaban J connectivity index is 1.47. The van der Waals surface area contributed by atoms with Crippen LogP contribution in [0.15, 0.2) is 36.7 Å². The molecule has 128 valence electrons. The van der Waals surface area contributed by atoms with Crippen molar-refractivity contribution in [3.05, 3.63) is 48.3 Å². The van der Waals surface area contributed by atoms with Gasteiger partial charge in [0.2, 0.25) is 0 Å². The molecule has 7 heteroatoms. The van der Waals surface area contributed by atoms with E-state index in [0.29, 0.717) is 19.7 Å². The fraction of sp³-hybridized carbons (Fsp3) is 0.412. The van der Waals surface area contributed by atoms with E-state index in [-0.39, 0.29) is 23.5 Å². The maximum absolute atomic E-state index is 13.6. The van der Waals surface area contributed by atoms with Crippen LogP contribution in [0, 0.1) is 11.7 Å². The topological polar surface area (TPSA) is 70.2 Å². The summed E-state index contributed by atoms with van der Waals surface area (Å²) in [6.07, 6.45) is 5.26. The maximum Gasteiger partial charge on any atom is 0.317 e. The van der Waals surface area contributed by atoms with E-state index in [0.717, 1.165) is 25.2 Å². The summed E-state index contributed by atoms with van der Waals surface area (Å²) in [5.74, 6) is 0.825. The van der Waals surface area contributed by atoms with Crippen LogP contribution in [-0.4, -0.2) is 40.6 Å². The maximum atomic E-state index is 13.6. The van der Waals surface area contributed by atoms with Crippen LogP contribution in [0.3, 0.4) is 0 Å². The molecule has 1 aromatic carbocycles. The molecule has 2 amide bonds. The third-order valence-corrected chi connectivity index (χ3v) is 4.08.